The Hall–Kier alpha value is -1.30. The van der Waals surface area contributed by atoms with Gasteiger partial charge in [0.2, 0.25) is 0 Å². The molecule has 0 aliphatic carbocycles. The van der Waals surface area contributed by atoms with Crippen molar-refractivity contribution in [2.75, 3.05) is 0 Å². The maximum absolute atomic E-state index is 13.6. The molecule has 2 fully saturated rings. The van der Waals surface area contributed by atoms with Gasteiger partial charge in [-0.2, -0.15) is 0 Å². The minimum absolute atomic E-state index is 0.219. The topological polar surface area (TPSA) is 51.2 Å². The lowest BCUT2D eigenvalue weighted by Gasteiger charge is -2.27. The zero-order valence-corrected chi connectivity index (χ0v) is 12.2. The lowest BCUT2D eigenvalue weighted by atomic mass is 9.90. The maximum atomic E-state index is 13.6. The molecule has 2 atom stereocenters. The van der Waals surface area contributed by atoms with Crippen molar-refractivity contribution < 1.29 is 22.0 Å². The number of fused-ring (bicyclic) bond motifs is 2. The quantitative estimate of drug-likeness (QED) is 0.861. The van der Waals surface area contributed by atoms with E-state index in [1.165, 1.54) is 6.07 Å². The Morgan fingerprint density at radius 3 is 2.14 bits per heavy atom. The number of ketones is 1. The van der Waals surface area contributed by atoms with E-state index in [4.69, 9.17) is 0 Å². The Kier molecular flexibility index (Phi) is 3.59. The van der Waals surface area contributed by atoms with E-state index in [0.29, 0.717) is 25.7 Å². The van der Waals surface area contributed by atoms with Gasteiger partial charge in [0.05, 0.1) is 10.5 Å². The van der Waals surface area contributed by atoms with Gasteiger partial charge >= 0.3 is 0 Å². The number of hydrogen-bond acceptors (Lipinski definition) is 3. The largest absolute Gasteiger partial charge is 0.299 e. The lowest BCUT2D eigenvalue weighted by molar-refractivity contribution is -0.122. The van der Waals surface area contributed by atoms with E-state index in [1.807, 2.05) is 0 Å². The molecule has 2 aliphatic heterocycles. The second-order valence-corrected chi connectivity index (χ2v) is 8.43. The minimum Gasteiger partial charge on any atom is -0.299 e. The van der Waals surface area contributed by atoms with E-state index < -0.39 is 37.9 Å². The number of sulfone groups is 1. The van der Waals surface area contributed by atoms with Crippen LogP contribution in [0.4, 0.5) is 8.78 Å². The molecule has 2 heterocycles. The van der Waals surface area contributed by atoms with Crippen molar-refractivity contribution in [1.29, 1.82) is 0 Å². The van der Waals surface area contributed by atoms with Gasteiger partial charge in [0.1, 0.15) is 17.4 Å². The summed E-state index contributed by atoms with van der Waals surface area (Å²) in [6, 6.07) is 3.51. The second kappa shape index (κ2) is 5.16. The van der Waals surface area contributed by atoms with Gasteiger partial charge in [-0.15, -0.1) is 0 Å². The van der Waals surface area contributed by atoms with Crippen molar-refractivity contribution >= 4 is 15.6 Å². The summed E-state index contributed by atoms with van der Waals surface area (Å²) >= 11 is 0. The fourth-order valence-electron chi connectivity index (χ4n) is 3.49. The summed E-state index contributed by atoms with van der Waals surface area (Å²) in [6.07, 6.45) is 1.50. The first-order valence-corrected chi connectivity index (χ1v) is 8.69. The summed E-state index contributed by atoms with van der Waals surface area (Å²) in [5, 5.41) is -0.897. The van der Waals surface area contributed by atoms with Crippen molar-refractivity contribution in [1.82, 2.24) is 0 Å². The Morgan fingerprint density at radius 1 is 1.10 bits per heavy atom. The molecule has 21 heavy (non-hydrogen) atoms. The maximum Gasteiger partial charge on any atom is 0.156 e. The van der Waals surface area contributed by atoms with Crippen LogP contribution in [0.2, 0.25) is 0 Å². The summed E-state index contributed by atoms with van der Waals surface area (Å²) in [5.41, 5.74) is -0.219. The standard InChI is InChI=1S/C15H16F2O3S/c16-13-2-1-3-14(17)12(13)8-15(18)9-6-10-4-5-11(7-9)21(10,19)20/h1-3,9-11H,4-8H2. The third-order valence-corrected chi connectivity index (χ3v) is 7.42. The van der Waals surface area contributed by atoms with Gasteiger partial charge in [-0.3, -0.25) is 4.79 Å². The van der Waals surface area contributed by atoms with Crippen molar-refractivity contribution in [2.45, 2.75) is 42.6 Å². The third-order valence-electron chi connectivity index (χ3n) is 4.70. The molecular formula is C15H16F2O3S. The molecule has 0 spiro atoms. The van der Waals surface area contributed by atoms with Gasteiger partial charge in [-0.1, -0.05) is 6.07 Å². The first-order valence-electron chi connectivity index (χ1n) is 7.08. The molecule has 3 nitrogen and oxygen atoms in total. The molecule has 0 N–H and O–H groups in total. The number of carbonyl (C=O) groups excluding carboxylic acids is 1. The van der Waals surface area contributed by atoms with E-state index in [2.05, 4.69) is 0 Å². The van der Waals surface area contributed by atoms with Crippen LogP contribution < -0.4 is 0 Å². The van der Waals surface area contributed by atoms with E-state index >= 15 is 0 Å². The van der Waals surface area contributed by atoms with E-state index in [-0.39, 0.29) is 17.8 Å². The van der Waals surface area contributed by atoms with Gasteiger partial charge in [-0.25, -0.2) is 17.2 Å². The highest BCUT2D eigenvalue weighted by atomic mass is 32.2. The molecule has 0 radical (unpaired) electrons. The molecule has 6 heteroatoms. The Balaban J connectivity index is 1.76. The molecule has 114 valence electrons. The van der Waals surface area contributed by atoms with E-state index in [0.717, 1.165) is 12.1 Å². The SMILES string of the molecule is O=C(Cc1c(F)cccc1F)C1CC2CCC(C1)S2(=O)=O. The van der Waals surface area contributed by atoms with Crippen LogP contribution in [0.15, 0.2) is 18.2 Å². The molecule has 1 aromatic rings. The molecule has 2 aliphatic rings. The highest BCUT2D eigenvalue weighted by molar-refractivity contribution is 7.93. The summed E-state index contributed by atoms with van der Waals surface area (Å²) in [7, 11) is -3.09. The molecule has 2 unspecified atom stereocenters. The van der Waals surface area contributed by atoms with Crippen LogP contribution in [0, 0.1) is 17.6 Å². The lowest BCUT2D eigenvalue weighted by Crippen LogP contribution is -2.36. The van der Waals surface area contributed by atoms with Crippen LogP contribution in [0.25, 0.3) is 0 Å². The smallest absolute Gasteiger partial charge is 0.156 e. The Bertz CT molecular complexity index is 644. The molecule has 3 rings (SSSR count). The highest BCUT2D eigenvalue weighted by Gasteiger charge is 2.48. The Morgan fingerprint density at radius 2 is 1.62 bits per heavy atom. The second-order valence-electron chi connectivity index (χ2n) is 5.92. The van der Waals surface area contributed by atoms with Crippen molar-refractivity contribution in [2.24, 2.45) is 5.92 Å². The summed E-state index contributed by atoms with van der Waals surface area (Å²) < 4.78 is 51.1. The Labute approximate surface area is 122 Å². The summed E-state index contributed by atoms with van der Waals surface area (Å²) in [6.45, 7) is 0. The van der Waals surface area contributed by atoms with Crippen molar-refractivity contribution in [3.8, 4) is 0 Å². The first-order chi connectivity index (χ1) is 9.89. The highest BCUT2D eigenvalue weighted by Crippen LogP contribution is 2.41. The van der Waals surface area contributed by atoms with Crippen molar-refractivity contribution in [3.63, 3.8) is 0 Å². The fourth-order valence-corrected chi connectivity index (χ4v) is 5.96. The molecular weight excluding hydrogens is 298 g/mol. The van der Waals surface area contributed by atoms with Crippen LogP contribution in [-0.4, -0.2) is 24.7 Å². The number of halogens is 2. The number of carbonyl (C=O) groups is 1. The molecule has 0 aromatic heterocycles. The number of Topliss-reactive ketones (excluding diaryl/α,β-unsaturated/α-hetero) is 1. The third kappa shape index (κ3) is 2.50. The van der Waals surface area contributed by atoms with Gasteiger partial charge in [0.15, 0.2) is 9.84 Å². The summed E-state index contributed by atoms with van der Waals surface area (Å²) in [5.74, 6) is -2.11. The molecule has 1 aromatic carbocycles. The van der Waals surface area contributed by atoms with Crippen LogP contribution in [0.3, 0.4) is 0 Å². The van der Waals surface area contributed by atoms with Crippen LogP contribution in [-0.2, 0) is 21.1 Å². The first kappa shape index (κ1) is 14.6. The predicted molar refractivity (Wildman–Crippen MR) is 73.5 cm³/mol. The van der Waals surface area contributed by atoms with Crippen LogP contribution in [0.1, 0.15) is 31.2 Å². The molecule has 0 saturated carbocycles. The molecule has 2 saturated heterocycles. The normalized spacial score (nSPS) is 30.3. The minimum atomic E-state index is -3.09. The molecule has 0 amide bonds. The van der Waals surface area contributed by atoms with Crippen molar-refractivity contribution in [3.05, 3.63) is 35.4 Å². The van der Waals surface area contributed by atoms with Crippen LogP contribution >= 0.6 is 0 Å². The average molecular weight is 314 g/mol. The molecule has 2 bridgehead atoms. The van der Waals surface area contributed by atoms with Gasteiger partial charge in [0, 0.05) is 17.9 Å². The predicted octanol–water partition coefficient (Wildman–Crippen LogP) is 2.43. The number of hydrogen-bond donors (Lipinski definition) is 0. The zero-order valence-electron chi connectivity index (χ0n) is 11.4. The monoisotopic (exact) mass is 314 g/mol. The number of benzene rings is 1. The van der Waals surface area contributed by atoms with E-state index in [9.17, 15) is 22.0 Å². The zero-order chi connectivity index (χ0) is 15.2. The average Bonchev–Trinajstić information content (AvgIpc) is 2.63. The van der Waals surface area contributed by atoms with E-state index in [1.54, 1.807) is 0 Å². The summed E-state index contributed by atoms with van der Waals surface area (Å²) in [4.78, 5) is 12.3. The van der Waals surface area contributed by atoms with Crippen LogP contribution in [0.5, 0.6) is 0 Å². The fraction of sp³-hybridized carbons (Fsp3) is 0.533. The van der Waals surface area contributed by atoms with Gasteiger partial charge < -0.3 is 0 Å². The van der Waals surface area contributed by atoms with Gasteiger partial charge in [0.25, 0.3) is 0 Å². The van der Waals surface area contributed by atoms with Gasteiger partial charge in [-0.05, 0) is 37.8 Å². The number of rotatable bonds is 3.